The second-order valence-electron chi connectivity index (χ2n) is 4.67. The van der Waals surface area contributed by atoms with E-state index in [0.717, 1.165) is 12.8 Å². The van der Waals surface area contributed by atoms with Crippen LogP contribution in [0.3, 0.4) is 0 Å². The molecule has 0 fully saturated rings. The Balaban J connectivity index is 2.70. The smallest absolute Gasteiger partial charge is 0.291 e. The van der Waals surface area contributed by atoms with Crippen LogP contribution in [0.5, 0.6) is 0 Å². The fourth-order valence-corrected chi connectivity index (χ4v) is 1.44. The molecule has 0 heterocycles. The monoisotopic (exact) mass is 280 g/mol. The number of nitrogens with one attached hydrogen (secondary N) is 1. The Hall–Kier alpha value is -1.91. The summed E-state index contributed by atoms with van der Waals surface area (Å²) in [5.74, 6) is -0.738. The molecule has 1 N–H and O–H groups in total. The number of amidine groups is 1. The molecule has 0 aromatic heterocycles. The van der Waals surface area contributed by atoms with Crippen LogP contribution in [-0.2, 0) is 4.74 Å². The number of rotatable bonds is 5. The molecule has 0 aliphatic heterocycles. The van der Waals surface area contributed by atoms with Gasteiger partial charge in [0.15, 0.2) is 0 Å². The fraction of sp³-hybridized carbons (Fsp3) is 0.467. The number of unbranched alkanes of at least 4 members (excludes halogenated alkanes) is 1. The summed E-state index contributed by atoms with van der Waals surface area (Å²) in [6.07, 6.45) is 1.87. The van der Waals surface area contributed by atoms with Gasteiger partial charge in [0.25, 0.3) is 11.9 Å². The Morgan fingerprint density at radius 2 is 2.00 bits per heavy atom. The van der Waals surface area contributed by atoms with Gasteiger partial charge in [0.05, 0.1) is 6.10 Å². The summed E-state index contributed by atoms with van der Waals surface area (Å²) in [6, 6.07) is 5.54. The molecule has 0 spiro atoms. The molecule has 0 saturated heterocycles. The normalized spacial score (nSPS) is 11.6. The molecule has 5 heteroatoms. The van der Waals surface area contributed by atoms with Gasteiger partial charge < -0.3 is 4.74 Å². The van der Waals surface area contributed by atoms with Gasteiger partial charge in [0.2, 0.25) is 0 Å². The van der Waals surface area contributed by atoms with Crippen LogP contribution in [-0.4, -0.2) is 24.6 Å². The maximum absolute atomic E-state index is 12.8. The fourth-order valence-electron chi connectivity index (χ4n) is 1.44. The van der Waals surface area contributed by atoms with Gasteiger partial charge in [-0.1, -0.05) is 13.3 Å². The van der Waals surface area contributed by atoms with Crippen LogP contribution >= 0.6 is 0 Å². The number of amides is 1. The summed E-state index contributed by atoms with van der Waals surface area (Å²) in [6.45, 7) is 6.39. The summed E-state index contributed by atoms with van der Waals surface area (Å²) < 4.78 is 18.3. The molecule has 20 heavy (non-hydrogen) atoms. The van der Waals surface area contributed by atoms with Gasteiger partial charge in [0, 0.05) is 12.1 Å². The highest BCUT2D eigenvalue weighted by molar-refractivity contribution is 6.04. The van der Waals surface area contributed by atoms with E-state index in [1.54, 1.807) is 0 Å². The summed E-state index contributed by atoms with van der Waals surface area (Å²) in [4.78, 5) is 16.2. The van der Waals surface area contributed by atoms with E-state index in [1.807, 2.05) is 13.8 Å². The van der Waals surface area contributed by atoms with E-state index < -0.39 is 0 Å². The second kappa shape index (κ2) is 8.30. The molecular weight excluding hydrogens is 259 g/mol. The van der Waals surface area contributed by atoms with Crippen LogP contribution < -0.4 is 5.32 Å². The van der Waals surface area contributed by atoms with Gasteiger partial charge in [-0.15, -0.1) is 0 Å². The molecule has 0 unspecified atom stereocenters. The summed E-state index contributed by atoms with van der Waals surface area (Å²) in [5.41, 5.74) is 0.363. The number of carbonyl (C=O) groups is 1. The molecule has 0 saturated carbocycles. The van der Waals surface area contributed by atoms with Crippen LogP contribution in [0.1, 0.15) is 44.0 Å². The van der Waals surface area contributed by atoms with Crippen molar-refractivity contribution in [2.75, 3.05) is 6.54 Å². The first-order chi connectivity index (χ1) is 9.52. The van der Waals surface area contributed by atoms with Crippen LogP contribution in [0, 0.1) is 5.82 Å². The highest BCUT2D eigenvalue weighted by Gasteiger charge is 2.11. The van der Waals surface area contributed by atoms with Gasteiger partial charge in [-0.05, 0) is 44.5 Å². The molecule has 4 nitrogen and oxygen atoms in total. The third kappa shape index (κ3) is 5.82. The highest BCUT2D eigenvalue weighted by atomic mass is 19.1. The number of hydrogen-bond donors (Lipinski definition) is 1. The number of aliphatic imine (C=N–C) groups is 1. The lowest BCUT2D eigenvalue weighted by atomic mass is 10.2. The second-order valence-corrected chi connectivity index (χ2v) is 4.67. The molecule has 0 bridgehead atoms. The standard InChI is InChI=1S/C15H21FN2O2/c1-4-5-10-17-15(20-11(2)3)18-14(19)12-6-8-13(16)9-7-12/h6-9,11H,4-5,10H2,1-3H3,(H,17,18,19). The SMILES string of the molecule is CCCCN=C(NC(=O)c1ccc(F)cc1)OC(C)C. The number of carbonyl (C=O) groups excluding carboxylic acids is 1. The zero-order chi connectivity index (χ0) is 15.0. The first-order valence-electron chi connectivity index (χ1n) is 6.81. The molecule has 0 radical (unpaired) electrons. The maximum atomic E-state index is 12.8. The third-order valence-corrected chi connectivity index (χ3v) is 2.44. The van der Waals surface area contributed by atoms with Crippen LogP contribution in [0.25, 0.3) is 0 Å². The number of ether oxygens (including phenoxy) is 1. The van der Waals surface area contributed by atoms with E-state index in [1.165, 1.54) is 24.3 Å². The van der Waals surface area contributed by atoms with E-state index in [-0.39, 0.29) is 23.9 Å². The average molecular weight is 280 g/mol. The van der Waals surface area contributed by atoms with Gasteiger partial charge in [0.1, 0.15) is 5.82 Å². The lowest BCUT2D eigenvalue weighted by Crippen LogP contribution is -2.34. The minimum atomic E-state index is -0.378. The first kappa shape index (κ1) is 16.1. The van der Waals surface area contributed by atoms with E-state index in [2.05, 4.69) is 17.2 Å². The molecule has 1 aromatic carbocycles. The Labute approximate surface area is 119 Å². The molecule has 1 amide bonds. The van der Waals surface area contributed by atoms with Crippen LogP contribution in [0.2, 0.25) is 0 Å². The van der Waals surface area contributed by atoms with Crippen molar-refractivity contribution in [2.24, 2.45) is 4.99 Å². The molecule has 1 aromatic rings. The van der Waals surface area contributed by atoms with Gasteiger partial charge in [-0.25, -0.2) is 9.38 Å². The lowest BCUT2D eigenvalue weighted by Gasteiger charge is -2.13. The van der Waals surface area contributed by atoms with Gasteiger partial charge >= 0.3 is 0 Å². The van der Waals surface area contributed by atoms with Crippen molar-refractivity contribution in [3.05, 3.63) is 35.6 Å². The number of hydrogen-bond acceptors (Lipinski definition) is 3. The van der Waals surface area contributed by atoms with Gasteiger partial charge in [-0.3, -0.25) is 10.1 Å². The first-order valence-corrected chi connectivity index (χ1v) is 6.81. The average Bonchev–Trinajstić information content (AvgIpc) is 2.38. The largest absolute Gasteiger partial charge is 0.462 e. The zero-order valence-electron chi connectivity index (χ0n) is 12.1. The summed E-state index contributed by atoms with van der Waals surface area (Å²) in [7, 11) is 0. The number of benzene rings is 1. The van der Waals surface area contributed by atoms with E-state index in [0.29, 0.717) is 12.1 Å². The van der Waals surface area contributed by atoms with Crippen molar-refractivity contribution >= 4 is 11.9 Å². The van der Waals surface area contributed by atoms with Crippen molar-refractivity contribution < 1.29 is 13.9 Å². The molecule has 1 rings (SSSR count). The van der Waals surface area contributed by atoms with Gasteiger partial charge in [-0.2, -0.15) is 0 Å². The van der Waals surface area contributed by atoms with Crippen LogP contribution in [0.4, 0.5) is 4.39 Å². The van der Waals surface area contributed by atoms with Crippen LogP contribution in [0.15, 0.2) is 29.3 Å². The van der Waals surface area contributed by atoms with Crippen molar-refractivity contribution in [1.29, 1.82) is 0 Å². The number of nitrogens with zero attached hydrogens (tertiary/aromatic N) is 1. The maximum Gasteiger partial charge on any atom is 0.291 e. The molecule has 0 aliphatic carbocycles. The minimum absolute atomic E-state index is 0.0797. The minimum Gasteiger partial charge on any atom is -0.462 e. The molecule has 110 valence electrons. The Morgan fingerprint density at radius 1 is 1.35 bits per heavy atom. The van der Waals surface area contributed by atoms with E-state index in [4.69, 9.17) is 4.74 Å². The summed E-state index contributed by atoms with van der Waals surface area (Å²) in [5, 5.41) is 2.61. The highest BCUT2D eigenvalue weighted by Crippen LogP contribution is 2.03. The number of halogens is 1. The topological polar surface area (TPSA) is 50.7 Å². The molecule has 0 aliphatic rings. The Kier molecular flexibility index (Phi) is 6.70. The molecule has 0 atom stereocenters. The van der Waals surface area contributed by atoms with Crippen molar-refractivity contribution in [3.63, 3.8) is 0 Å². The third-order valence-electron chi connectivity index (χ3n) is 2.44. The predicted octanol–water partition coefficient (Wildman–Crippen LogP) is 3.14. The summed E-state index contributed by atoms with van der Waals surface area (Å²) >= 11 is 0. The van der Waals surface area contributed by atoms with Crippen molar-refractivity contribution in [3.8, 4) is 0 Å². The lowest BCUT2D eigenvalue weighted by molar-refractivity contribution is 0.0959. The Bertz CT molecular complexity index is 455. The zero-order valence-corrected chi connectivity index (χ0v) is 12.1. The van der Waals surface area contributed by atoms with E-state index >= 15 is 0 Å². The van der Waals surface area contributed by atoms with E-state index in [9.17, 15) is 9.18 Å². The predicted molar refractivity (Wildman–Crippen MR) is 77.3 cm³/mol. The Morgan fingerprint density at radius 3 is 2.55 bits per heavy atom. The molecular formula is C15H21FN2O2. The van der Waals surface area contributed by atoms with Crippen molar-refractivity contribution in [2.45, 2.75) is 39.7 Å². The van der Waals surface area contributed by atoms with Crippen molar-refractivity contribution in [1.82, 2.24) is 5.32 Å². The quantitative estimate of drug-likeness (QED) is 0.512.